The van der Waals surface area contributed by atoms with Crippen molar-refractivity contribution in [2.24, 2.45) is 0 Å². The predicted molar refractivity (Wildman–Crippen MR) is 62.1 cm³/mol. The predicted octanol–water partition coefficient (Wildman–Crippen LogP) is 0.663. The molecule has 6 heteroatoms. The Bertz CT molecular complexity index is 192. The van der Waals surface area contributed by atoms with Gasteiger partial charge in [0.1, 0.15) is 5.38 Å². The van der Waals surface area contributed by atoms with Gasteiger partial charge in [-0.05, 0) is 6.42 Å². The number of ether oxygens (including phenoxy) is 2. The maximum Gasteiger partial charge on any atom is 0.322 e. The Morgan fingerprint density at radius 1 is 1.31 bits per heavy atom. The highest BCUT2D eigenvalue weighted by molar-refractivity contribution is 6.29. The summed E-state index contributed by atoms with van der Waals surface area (Å²) in [5, 5.41) is 7.84. The molecule has 0 aliphatic carbocycles. The summed E-state index contributed by atoms with van der Waals surface area (Å²) in [6.45, 7) is 2.98. The minimum Gasteiger partial charge on any atom is -0.480 e. The molecule has 0 saturated carbocycles. The van der Waals surface area contributed by atoms with Crippen LogP contribution < -0.4 is 0 Å². The highest BCUT2D eigenvalue weighted by Crippen LogP contribution is 2.02. The van der Waals surface area contributed by atoms with E-state index in [1.54, 1.807) is 14.2 Å². The molecule has 0 saturated heterocycles. The summed E-state index contributed by atoms with van der Waals surface area (Å²) >= 11 is 5.69. The molecule has 0 aliphatic heterocycles. The van der Waals surface area contributed by atoms with Crippen molar-refractivity contribution in [2.75, 3.05) is 47.1 Å². The molecule has 0 aromatic rings. The van der Waals surface area contributed by atoms with Crippen LogP contribution in [-0.2, 0) is 14.3 Å². The molecular formula is C10H20ClNO4. The second kappa shape index (κ2) is 9.84. The summed E-state index contributed by atoms with van der Waals surface area (Å²) in [5.41, 5.74) is 0. The Kier molecular flexibility index (Phi) is 9.62. The third kappa shape index (κ3) is 7.87. The number of aliphatic carboxylic acids is 1. The van der Waals surface area contributed by atoms with Crippen molar-refractivity contribution in [3.63, 3.8) is 0 Å². The van der Waals surface area contributed by atoms with Crippen LogP contribution in [0, 0.1) is 0 Å². The van der Waals surface area contributed by atoms with Gasteiger partial charge in [0.05, 0.1) is 6.61 Å². The number of carboxylic acid groups (broad SMARTS) is 1. The van der Waals surface area contributed by atoms with Gasteiger partial charge in [-0.25, -0.2) is 0 Å². The lowest BCUT2D eigenvalue weighted by Crippen LogP contribution is -2.37. The average molecular weight is 254 g/mol. The maximum absolute atomic E-state index is 10.6. The van der Waals surface area contributed by atoms with Crippen molar-refractivity contribution in [3.8, 4) is 0 Å². The first-order valence-corrected chi connectivity index (χ1v) is 5.62. The fourth-order valence-electron chi connectivity index (χ4n) is 1.25. The summed E-state index contributed by atoms with van der Waals surface area (Å²) in [6.07, 6.45) is 0.851. The molecule has 0 spiro atoms. The number of nitrogens with zero attached hydrogens (tertiary/aromatic N) is 1. The van der Waals surface area contributed by atoms with Crippen molar-refractivity contribution >= 4 is 17.6 Å². The highest BCUT2D eigenvalue weighted by atomic mass is 35.5. The zero-order valence-corrected chi connectivity index (χ0v) is 10.6. The number of hydrogen-bond acceptors (Lipinski definition) is 4. The zero-order valence-electron chi connectivity index (χ0n) is 9.82. The summed E-state index contributed by atoms with van der Waals surface area (Å²) in [4.78, 5) is 12.6. The zero-order chi connectivity index (χ0) is 12.4. The first-order chi connectivity index (χ1) is 7.61. The standard InChI is InChI=1S/C10H20ClNO4/c1-15-6-3-4-12(5-7-16-2)8-9(11)10(13)14/h9H,3-8H2,1-2H3,(H,13,14). The largest absolute Gasteiger partial charge is 0.480 e. The van der Waals surface area contributed by atoms with Gasteiger partial charge < -0.3 is 14.6 Å². The second-order valence-corrected chi connectivity index (χ2v) is 3.97. The molecule has 0 bridgehead atoms. The number of alkyl halides is 1. The SMILES string of the molecule is COCCCN(CCOC)CC(Cl)C(=O)O. The van der Waals surface area contributed by atoms with Crippen LogP contribution in [0.2, 0.25) is 0 Å². The van der Waals surface area contributed by atoms with Crippen LogP contribution in [0.5, 0.6) is 0 Å². The number of hydrogen-bond donors (Lipinski definition) is 1. The van der Waals surface area contributed by atoms with Crippen molar-refractivity contribution in [1.29, 1.82) is 0 Å². The molecule has 5 nitrogen and oxygen atoms in total. The van der Waals surface area contributed by atoms with Gasteiger partial charge >= 0.3 is 5.97 Å². The molecule has 1 unspecified atom stereocenters. The fourth-order valence-corrected chi connectivity index (χ4v) is 1.45. The lowest BCUT2D eigenvalue weighted by molar-refractivity contribution is -0.137. The van der Waals surface area contributed by atoms with Gasteiger partial charge in [-0.1, -0.05) is 0 Å². The number of methoxy groups -OCH3 is 2. The van der Waals surface area contributed by atoms with E-state index < -0.39 is 11.3 Å². The van der Waals surface area contributed by atoms with Gasteiger partial charge in [0.15, 0.2) is 0 Å². The molecule has 0 amide bonds. The number of rotatable bonds is 10. The van der Waals surface area contributed by atoms with Gasteiger partial charge in [-0.15, -0.1) is 11.6 Å². The monoisotopic (exact) mass is 253 g/mol. The number of carboxylic acids is 1. The molecule has 0 fully saturated rings. The Labute approximate surface area is 101 Å². The van der Waals surface area contributed by atoms with Crippen LogP contribution in [-0.4, -0.2) is 68.4 Å². The van der Waals surface area contributed by atoms with E-state index in [0.29, 0.717) is 26.3 Å². The Balaban J connectivity index is 3.93. The van der Waals surface area contributed by atoms with E-state index in [4.69, 9.17) is 26.2 Å². The third-order valence-electron chi connectivity index (χ3n) is 2.12. The van der Waals surface area contributed by atoms with Crippen molar-refractivity contribution in [1.82, 2.24) is 4.90 Å². The second-order valence-electron chi connectivity index (χ2n) is 3.45. The van der Waals surface area contributed by atoms with Crippen molar-refractivity contribution < 1.29 is 19.4 Å². The molecule has 0 rings (SSSR count). The quantitative estimate of drug-likeness (QED) is 0.458. The number of carbonyl (C=O) groups is 1. The van der Waals surface area contributed by atoms with Crippen molar-refractivity contribution in [2.45, 2.75) is 11.8 Å². The molecule has 1 atom stereocenters. The highest BCUT2D eigenvalue weighted by Gasteiger charge is 2.17. The first kappa shape index (κ1) is 15.6. The van der Waals surface area contributed by atoms with Crippen LogP contribution >= 0.6 is 11.6 Å². The summed E-state index contributed by atoms with van der Waals surface area (Å²) in [6, 6.07) is 0. The molecule has 0 aliphatic rings. The molecular weight excluding hydrogens is 234 g/mol. The van der Waals surface area contributed by atoms with Gasteiger partial charge in [0.25, 0.3) is 0 Å². The van der Waals surface area contributed by atoms with Crippen LogP contribution in [0.3, 0.4) is 0 Å². The average Bonchev–Trinajstić information content (AvgIpc) is 2.25. The summed E-state index contributed by atoms with van der Waals surface area (Å²) < 4.78 is 9.90. The first-order valence-electron chi connectivity index (χ1n) is 5.19. The van der Waals surface area contributed by atoms with E-state index in [2.05, 4.69) is 0 Å². The molecule has 0 aromatic carbocycles. The molecule has 0 radical (unpaired) electrons. The van der Waals surface area contributed by atoms with Crippen LogP contribution in [0.1, 0.15) is 6.42 Å². The lowest BCUT2D eigenvalue weighted by atomic mass is 10.3. The van der Waals surface area contributed by atoms with E-state index in [1.807, 2.05) is 4.90 Å². The minimum atomic E-state index is -0.990. The Morgan fingerprint density at radius 3 is 2.44 bits per heavy atom. The molecule has 0 heterocycles. The smallest absolute Gasteiger partial charge is 0.322 e. The lowest BCUT2D eigenvalue weighted by Gasteiger charge is -2.22. The van der Waals surface area contributed by atoms with Crippen molar-refractivity contribution in [3.05, 3.63) is 0 Å². The van der Waals surface area contributed by atoms with Gasteiger partial charge in [-0.2, -0.15) is 0 Å². The van der Waals surface area contributed by atoms with Gasteiger partial charge in [-0.3, -0.25) is 9.69 Å². The minimum absolute atomic E-state index is 0.323. The normalized spacial score (nSPS) is 13.0. The van der Waals surface area contributed by atoms with E-state index in [0.717, 1.165) is 13.0 Å². The fraction of sp³-hybridized carbons (Fsp3) is 0.900. The van der Waals surface area contributed by atoms with E-state index in [-0.39, 0.29) is 0 Å². The van der Waals surface area contributed by atoms with Crippen LogP contribution in [0.4, 0.5) is 0 Å². The summed E-state index contributed by atoms with van der Waals surface area (Å²) in [7, 11) is 3.25. The van der Waals surface area contributed by atoms with E-state index >= 15 is 0 Å². The van der Waals surface area contributed by atoms with E-state index in [9.17, 15) is 4.79 Å². The molecule has 16 heavy (non-hydrogen) atoms. The molecule has 0 aromatic heterocycles. The van der Waals surface area contributed by atoms with Gasteiger partial charge in [0.2, 0.25) is 0 Å². The van der Waals surface area contributed by atoms with Gasteiger partial charge in [0, 0.05) is 40.5 Å². The third-order valence-corrected chi connectivity index (χ3v) is 2.45. The van der Waals surface area contributed by atoms with E-state index in [1.165, 1.54) is 0 Å². The molecule has 96 valence electrons. The van der Waals surface area contributed by atoms with Crippen LogP contribution in [0.15, 0.2) is 0 Å². The number of halogens is 1. The Hall–Kier alpha value is -0.360. The molecule has 1 N–H and O–H groups in total. The topological polar surface area (TPSA) is 59.0 Å². The summed E-state index contributed by atoms with van der Waals surface area (Å²) in [5.74, 6) is -0.990. The van der Waals surface area contributed by atoms with Crippen LogP contribution in [0.25, 0.3) is 0 Å². The maximum atomic E-state index is 10.6. The Morgan fingerprint density at radius 2 is 1.94 bits per heavy atom.